The molecule has 2 heterocycles. The van der Waals surface area contributed by atoms with Crippen LogP contribution in [0.5, 0.6) is 5.75 Å². The molecule has 0 saturated carbocycles. The number of piperidine rings is 1. The number of ether oxygens (including phenoxy) is 3. The Labute approximate surface area is 197 Å². The lowest BCUT2D eigenvalue weighted by Gasteiger charge is -2.34. The third-order valence-corrected chi connectivity index (χ3v) is 5.31. The maximum absolute atomic E-state index is 13.1. The molecule has 0 aliphatic carbocycles. The molecule has 1 aliphatic heterocycles. The van der Waals surface area contributed by atoms with Gasteiger partial charge in [0.1, 0.15) is 11.4 Å². The third kappa shape index (κ3) is 7.06. The quantitative estimate of drug-likeness (QED) is 0.519. The van der Waals surface area contributed by atoms with Gasteiger partial charge in [-0.25, -0.2) is 4.79 Å². The molecule has 1 aliphatic rings. The Morgan fingerprint density at radius 2 is 1.91 bits per heavy atom. The number of amides is 1. The summed E-state index contributed by atoms with van der Waals surface area (Å²) >= 11 is 0. The highest BCUT2D eigenvalue weighted by Crippen LogP contribution is 2.36. The van der Waals surface area contributed by atoms with Crippen molar-refractivity contribution < 1.29 is 32.2 Å². The molecular weight excluding hydrogens is 451 g/mol. The molecule has 0 spiro atoms. The van der Waals surface area contributed by atoms with E-state index in [1.165, 1.54) is 13.2 Å². The zero-order valence-electron chi connectivity index (χ0n) is 19.8. The van der Waals surface area contributed by atoms with Crippen molar-refractivity contribution in [2.24, 2.45) is 5.92 Å². The normalized spacial score (nSPS) is 16.9. The molecule has 1 unspecified atom stereocenters. The summed E-state index contributed by atoms with van der Waals surface area (Å²) in [6.45, 7) is 6.56. The van der Waals surface area contributed by atoms with E-state index in [0.717, 1.165) is 30.7 Å². The second-order valence-electron chi connectivity index (χ2n) is 9.31. The number of rotatable bonds is 6. The van der Waals surface area contributed by atoms with Gasteiger partial charge in [0.05, 0.1) is 17.0 Å². The number of nitrogens with zero attached hydrogens (tertiary/aromatic N) is 3. The number of hydrogen-bond acceptors (Lipinski definition) is 6. The van der Waals surface area contributed by atoms with Crippen molar-refractivity contribution in [1.29, 1.82) is 0 Å². The first-order chi connectivity index (χ1) is 16.0. The second kappa shape index (κ2) is 10.6. The first-order valence-electron chi connectivity index (χ1n) is 11.1. The highest BCUT2D eigenvalue weighted by Gasteiger charge is 2.32. The number of carbonyl (C=O) groups excluding carboxylic acids is 1. The van der Waals surface area contributed by atoms with Crippen molar-refractivity contribution >= 4 is 6.09 Å². The summed E-state index contributed by atoms with van der Waals surface area (Å²) in [5, 5.41) is 8.50. The number of methoxy groups -OCH3 is 1. The van der Waals surface area contributed by atoms with E-state index in [-0.39, 0.29) is 24.6 Å². The van der Waals surface area contributed by atoms with E-state index < -0.39 is 17.3 Å². The van der Waals surface area contributed by atoms with Gasteiger partial charge in [0, 0.05) is 25.8 Å². The smallest absolute Gasteiger partial charge is 0.416 e. The zero-order chi connectivity index (χ0) is 24.9. The third-order valence-electron chi connectivity index (χ3n) is 5.31. The van der Waals surface area contributed by atoms with Gasteiger partial charge in [0.25, 0.3) is 0 Å². The summed E-state index contributed by atoms with van der Waals surface area (Å²) in [7, 11) is 1.39. The molecular formula is C24H30F3N3O4. The highest BCUT2D eigenvalue weighted by molar-refractivity contribution is 5.68. The average Bonchev–Trinajstić information content (AvgIpc) is 2.76. The highest BCUT2D eigenvalue weighted by atomic mass is 19.4. The monoisotopic (exact) mass is 481 g/mol. The minimum atomic E-state index is -4.49. The average molecular weight is 482 g/mol. The van der Waals surface area contributed by atoms with Gasteiger partial charge in [0.2, 0.25) is 0 Å². The van der Waals surface area contributed by atoms with Gasteiger partial charge < -0.3 is 19.1 Å². The van der Waals surface area contributed by atoms with Crippen LogP contribution in [-0.2, 0) is 22.1 Å². The largest absolute Gasteiger partial charge is 0.467 e. The summed E-state index contributed by atoms with van der Waals surface area (Å²) in [6, 6.07) is 6.73. The lowest BCUT2D eigenvalue weighted by molar-refractivity contribution is -0.137. The fourth-order valence-corrected chi connectivity index (χ4v) is 3.78. The summed E-state index contributed by atoms with van der Waals surface area (Å²) in [5.74, 6) is 0.229. The number of likely N-dealkylation sites (tertiary alicyclic amines) is 1. The maximum Gasteiger partial charge on any atom is 0.416 e. The summed E-state index contributed by atoms with van der Waals surface area (Å²) in [6.07, 6.45) is -2.35. The summed E-state index contributed by atoms with van der Waals surface area (Å²) in [4.78, 5) is 14.1. The molecule has 1 atom stereocenters. The minimum absolute atomic E-state index is 0.0130. The number of carbonyl (C=O) groups is 1. The van der Waals surface area contributed by atoms with Crippen LogP contribution in [0, 0.1) is 5.92 Å². The molecule has 2 aromatic rings. The minimum Gasteiger partial charge on any atom is -0.467 e. The Morgan fingerprint density at radius 3 is 2.53 bits per heavy atom. The van der Waals surface area contributed by atoms with Crippen LogP contribution < -0.4 is 4.74 Å². The van der Waals surface area contributed by atoms with E-state index in [4.69, 9.17) is 14.2 Å². The number of alkyl halides is 3. The van der Waals surface area contributed by atoms with E-state index in [9.17, 15) is 18.0 Å². The van der Waals surface area contributed by atoms with Crippen LogP contribution in [0.25, 0.3) is 11.3 Å². The van der Waals surface area contributed by atoms with E-state index in [0.29, 0.717) is 30.8 Å². The molecule has 3 rings (SSSR count). The molecule has 0 N–H and O–H groups in total. The van der Waals surface area contributed by atoms with Crippen LogP contribution in [0.4, 0.5) is 18.0 Å². The topological polar surface area (TPSA) is 73.8 Å². The first kappa shape index (κ1) is 25.7. The van der Waals surface area contributed by atoms with Crippen molar-refractivity contribution in [3.63, 3.8) is 0 Å². The van der Waals surface area contributed by atoms with Crippen LogP contribution in [-0.4, -0.2) is 53.8 Å². The molecule has 1 amide bonds. The fourth-order valence-electron chi connectivity index (χ4n) is 3.78. The van der Waals surface area contributed by atoms with Crippen molar-refractivity contribution in [3.8, 4) is 17.0 Å². The van der Waals surface area contributed by atoms with Gasteiger partial charge >= 0.3 is 12.3 Å². The Kier molecular flexibility index (Phi) is 8.01. The zero-order valence-corrected chi connectivity index (χ0v) is 19.8. The molecule has 1 saturated heterocycles. The number of aromatic nitrogens is 2. The second-order valence-corrected chi connectivity index (χ2v) is 9.31. The van der Waals surface area contributed by atoms with E-state index >= 15 is 0 Å². The Balaban J connectivity index is 1.71. The molecule has 0 radical (unpaired) electrons. The van der Waals surface area contributed by atoms with Crippen molar-refractivity contribution in [2.75, 3.05) is 27.0 Å². The predicted octanol–water partition coefficient (Wildman–Crippen LogP) is 5.33. The van der Waals surface area contributed by atoms with Crippen molar-refractivity contribution in [1.82, 2.24) is 15.1 Å². The predicted molar refractivity (Wildman–Crippen MR) is 119 cm³/mol. The van der Waals surface area contributed by atoms with E-state index in [1.54, 1.807) is 17.0 Å². The molecule has 186 valence electrons. The Bertz CT molecular complexity index is 975. The standard InChI is InChI=1S/C24H30F3N3O4/c1-23(2,3)34-22(31)30-11-5-6-16(14-30)12-18-8-10-20(29-28-18)19-9-7-17(24(25,26)27)13-21(19)33-15-32-4/h7-10,13,16H,5-6,11-12,14-15H2,1-4H3. The Hall–Kier alpha value is -2.88. The number of benzene rings is 1. The van der Waals surface area contributed by atoms with Gasteiger partial charge in [-0.2, -0.15) is 23.4 Å². The molecule has 7 nitrogen and oxygen atoms in total. The summed E-state index contributed by atoms with van der Waals surface area (Å²) < 4.78 is 55.0. The van der Waals surface area contributed by atoms with Crippen LogP contribution in [0.1, 0.15) is 44.9 Å². The molecule has 10 heteroatoms. The van der Waals surface area contributed by atoms with Gasteiger partial charge in [-0.05, 0) is 76.3 Å². The van der Waals surface area contributed by atoms with Gasteiger partial charge in [0.15, 0.2) is 6.79 Å². The van der Waals surface area contributed by atoms with Gasteiger partial charge in [-0.3, -0.25) is 0 Å². The van der Waals surface area contributed by atoms with Crippen LogP contribution in [0.2, 0.25) is 0 Å². The number of halogens is 3. The van der Waals surface area contributed by atoms with Gasteiger partial charge in [-0.1, -0.05) is 0 Å². The van der Waals surface area contributed by atoms with Gasteiger partial charge in [-0.15, -0.1) is 0 Å². The lowest BCUT2D eigenvalue weighted by Crippen LogP contribution is -2.43. The molecule has 1 aromatic heterocycles. The maximum atomic E-state index is 13.1. The molecule has 0 bridgehead atoms. The van der Waals surface area contributed by atoms with Crippen molar-refractivity contribution in [2.45, 2.75) is 51.8 Å². The van der Waals surface area contributed by atoms with E-state index in [1.807, 2.05) is 20.8 Å². The fraction of sp³-hybridized carbons (Fsp3) is 0.542. The molecule has 34 heavy (non-hydrogen) atoms. The number of hydrogen-bond donors (Lipinski definition) is 0. The first-order valence-corrected chi connectivity index (χ1v) is 11.1. The molecule has 1 fully saturated rings. The SMILES string of the molecule is COCOc1cc(C(F)(F)F)ccc1-c1ccc(CC2CCCN(C(=O)OC(C)(C)C)C2)nn1. The molecule has 1 aromatic carbocycles. The van der Waals surface area contributed by atoms with Crippen LogP contribution in [0.3, 0.4) is 0 Å². The van der Waals surface area contributed by atoms with Crippen molar-refractivity contribution in [3.05, 3.63) is 41.6 Å². The Morgan fingerprint density at radius 1 is 1.15 bits per heavy atom. The van der Waals surface area contributed by atoms with Crippen LogP contribution in [0.15, 0.2) is 30.3 Å². The van der Waals surface area contributed by atoms with E-state index in [2.05, 4.69) is 10.2 Å². The summed E-state index contributed by atoms with van der Waals surface area (Å²) in [5.41, 5.74) is 0.153. The van der Waals surface area contributed by atoms with Crippen LogP contribution >= 0.6 is 0 Å². The lowest BCUT2D eigenvalue weighted by atomic mass is 9.93.